The Balaban J connectivity index is 1.49. The minimum absolute atomic E-state index is 0.787. The maximum absolute atomic E-state index is 4.37. The van der Waals surface area contributed by atoms with Crippen LogP contribution in [0.5, 0.6) is 0 Å². The lowest BCUT2D eigenvalue weighted by atomic mass is 9.74. The third kappa shape index (κ3) is 5.50. The Kier molecular flexibility index (Phi) is 7.95. The average molecular weight is 375 g/mol. The molecule has 0 aromatic carbocycles. The fraction of sp³-hybridized carbons (Fsp3) is 1.00. The topological polar surface area (TPSA) is 15.3 Å². The van der Waals surface area contributed by atoms with Gasteiger partial charge >= 0.3 is 0 Å². The summed E-state index contributed by atoms with van der Waals surface area (Å²) in [6.07, 6.45) is 29.5. The molecule has 156 valence electrons. The van der Waals surface area contributed by atoms with E-state index in [0.29, 0.717) is 0 Å². The van der Waals surface area contributed by atoms with E-state index < -0.39 is 0 Å². The molecule has 0 aromatic rings. The van der Waals surface area contributed by atoms with Crippen LogP contribution in [-0.2, 0) is 0 Å². The summed E-state index contributed by atoms with van der Waals surface area (Å²) in [5, 5.41) is 2.91. The van der Waals surface area contributed by atoms with E-state index in [1.165, 1.54) is 128 Å². The molecule has 0 atom stereocenters. The number of hydrazine groups is 1. The van der Waals surface area contributed by atoms with E-state index in [0.717, 1.165) is 30.0 Å². The second-order valence-corrected chi connectivity index (χ2v) is 10.4. The summed E-state index contributed by atoms with van der Waals surface area (Å²) in [5.41, 5.74) is 4.37. The molecule has 4 saturated carbocycles. The van der Waals surface area contributed by atoms with Crippen LogP contribution in [0.4, 0.5) is 0 Å². The van der Waals surface area contributed by atoms with E-state index in [-0.39, 0.29) is 0 Å². The Bertz CT molecular complexity index is 325. The van der Waals surface area contributed by atoms with Crippen LogP contribution in [0.15, 0.2) is 0 Å². The lowest BCUT2D eigenvalue weighted by Gasteiger charge is -2.47. The van der Waals surface area contributed by atoms with Crippen LogP contribution in [-0.4, -0.2) is 23.1 Å². The van der Waals surface area contributed by atoms with Gasteiger partial charge in [0.1, 0.15) is 0 Å². The smallest absolute Gasteiger partial charge is 0.0271 e. The quantitative estimate of drug-likeness (QED) is 0.504. The first-order chi connectivity index (χ1) is 13.4. The number of hydrogen-bond donors (Lipinski definition) is 1. The highest BCUT2D eigenvalue weighted by Crippen LogP contribution is 2.37. The molecule has 0 heterocycles. The summed E-state index contributed by atoms with van der Waals surface area (Å²) >= 11 is 0. The Labute approximate surface area is 169 Å². The third-order valence-electron chi connectivity index (χ3n) is 8.55. The maximum Gasteiger partial charge on any atom is 0.0271 e. The minimum Gasteiger partial charge on any atom is -0.251 e. The number of hydrogen-bond acceptors (Lipinski definition) is 2. The molecule has 4 fully saturated rings. The predicted molar refractivity (Wildman–Crippen MR) is 116 cm³/mol. The molecule has 0 saturated heterocycles. The Morgan fingerprint density at radius 3 is 1.15 bits per heavy atom. The molecule has 2 nitrogen and oxygen atoms in total. The molecule has 2 heteroatoms. The van der Waals surface area contributed by atoms with Gasteiger partial charge in [-0.3, -0.25) is 5.43 Å². The fourth-order valence-electron chi connectivity index (χ4n) is 6.98. The zero-order valence-corrected chi connectivity index (χ0v) is 18.0. The number of nitrogens with one attached hydrogen (secondary N) is 1. The van der Waals surface area contributed by atoms with Gasteiger partial charge in [-0.1, -0.05) is 77.0 Å². The van der Waals surface area contributed by atoms with Crippen molar-refractivity contribution in [3.05, 3.63) is 0 Å². The van der Waals surface area contributed by atoms with Crippen molar-refractivity contribution in [1.29, 1.82) is 0 Å². The molecule has 0 spiro atoms. The van der Waals surface area contributed by atoms with Crippen LogP contribution in [0.2, 0.25) is 0 Å². The molecule has 1 N–H and O–H groups in total. The van der Waals surface area contributed by atoms with Crippen LogP contribution in [0.1, 0.15) is 128 Å². The second-order valence-electron chi connectivity index (χ2n) is 10.4. The molecule has 4 aliphatic carbocycles. The summed E-state index contributed by atoms with van der Waals surface area (Å²) in [7, 11) is 0. The molecule has 0 bridgehead atoms. The third-order valence-corrected chi connectivity index (χ3v) is 8.55. The number of rotatable bonds is 6. The summed E-state index contributed by atoms with van der Waals surface area (Å²) in [6, 6.07) is 2.45. The van der Waals surface area contributed by atoms with E-state index in [9.17, 15) is 0 Å². The van der Waals surface area contributed by atoms with E-state index in [4.69, 9.17) is 0 Å². The highest BCUT2D eigenvalue weighted by Gasteiger charge is 2.36. The van der Waals surface area contributed by atoms with E-state index >= 15 is 0 Å². The average Bonchev–Trinajstić information content (AvgIpc) is 2.77. The highest BCUT2D eigenvalue weighted by molar-refractivity contribution is 4.90. The summed E-state index contributed by atoms with van der Waals surface area (Å²) in [4.78, 5) is 0. The minimum atomic E-state index is 0.787. The second kappa shape index (κ2) is 10.6. The molecule has 0 unspecified atom stereocenters. The van der Waals surface area contributed by atoms with Gasteiger partial charge in [0.05, 0.1) is 0 Å². The Morgan fingerprint density at radius 2 is 0.778 bits per heavy atom. The van der Waals surface area contributed by atoms with Crippen molar-refractivity contribution < 1.29 is 0 Å². The largest absolute Gasteiger partial charge is 0.251 e. The van der Waals surface area contributed by atoms with Crippen LogP contribution < -0.4 is 5.43 Å². The summed E-state index contributed by atoms with van der Waals surface area (Å²) in [6.45, 7) is 0. The van der Waals surface area contributed by atoms with Crippen molar-refractivity contribution in [2.75, 3.05) is 0 Å². The van der Waals surface area contributed by atoms with Crippen molar-refractivity contribution in [2.24, 2.45) is 11.8 Å². The van der Waals surface area contributed by atoms with E-state index in [2.05, 4.69) is 10.4 Å². The lowest BCUT2D eigenvalue weighted by Crippen LogP contribution is -2.59. The van der Waals surface area contributed by atoms with Crippen LogP contribution in [0.3, 0.4) is 0 Å². The van der Waals surface area contributed by atoms with Crippen molar-refractivity contribution in [2.45, 2.75) is 147 Å². The first-order valence-electron chi connectivity index (χ1n) is 13.0. The predicted octanol–water partition coefficient (Wildman–Crippen LogP) is 6.99. The van der Waals surface area contributed by atoms with Gasteiger partial charge in [-0.2, -0.15) is 0 Å². The van der Waals surface area contributed by atoms with Crippen LogP contribution in [0, 0.1) is 11.8 Å². The first kappa shape index (κ1) is 20.2. The first-order valence-corrected chi connectivity index (χ1v) is 13.0. The summed E-state index contributed by atoms with van der Waals surface area (Å²) < 4.78 is 0. The van der Waals surface area contributed by atoms with Gasteiger partial charge in [0, 0.05) is 18.1 Å². The lowest BCUT2D eigenvalue weighted by molar-refractivity contribution is -0.0161. The number of nitrogens with zero attached hydrogens (tertiary/aromatic N) is 1. The molecule has 27 heavy (non-hydrogen) atoms. The molecule has 0 aliphatic heterocycles. The zero-order chi connectivity index (χ0) is 18.3. The van der Waals surface area contributed by atoms with Gasteiger partial charge in [0.25, 0.3) is 0 Å². The van der Waals surface area contributed by atoms with Gasteiger partial charge in [-0.25, -0.2) is 5.01 Å². The molecule has 0 radical (unpaired) electrons. The van der Waals surface area contributed by atoms with Crippen molar-refractivity contribution >= 4 is 0 Å². The van der Waals surface area contributed by atoms with Gasteiger partial charge in [0.15, 0.2) is 0 Å². The standard InChI is InChI=1S/C25H46N2/c1-5-13-21(14-6-1)25(22-15-7-2-8-16-22)26-27(23-17-9-3-10-18-23)24-19-11-4-12-20-24/h21-26H,1-20H2. The van der Waals surface area contributed by atoms with Crippen molar-refractivity contribution in [1.82, 2.24) is 10.4 Å². The van der Waals surface area contributed by atoms with Gasteiger partial charge in [-0.15, -0.1) is 0 Å². The molecule has 0 aromatic heterocycles. The molecule has 4 aliphatic rings. The zero-order valence-electron chi connectivity index (χ0n) is 18.0. The van der Waals surface area contributed by atoms with Gasteiger partial charge in [0.2, 0.25) is 0 Å². The monoisotopic (exact) mass is 374 g/mol. The molecular formula is C25H46N2. The highest BCUT2D eigenvalue weighted by atomic mass is 15.5. The molecular weight excluding hydrogens is 328 g/mol. The molecule has 0 amide bonds. The van der Waals surface area contributed by atoms with E-state index in [1.54, 1.807) is 0 Å². The normalized spacial score (nSPS) is 28.2. The van der Waals surface area contributed by atoms with Gasteiger partial charge in [-0.05, 0) is 63.2 Å². The van der Waals surface area contributed by atoms with E-state index in [1.807, 2.05) is 0 Å². The Morgan fingerprint density at radius 1 is 0.444 bits per heavy atom. The van der Waals surface area contributed by atoms with Crippen LogP contribution in [0.25, 0.3) is 0 Å². The summed E-state index contributed by atoms with van der Waals surface area (Å²) in [5.74, 6) is 1.91. The maximum atomic E-state index is 4.37. The molecule has 4 rings (SSSR count). The fourth-order valence-corrected chi connectivity index (χ4v) is 6.98. The van der Waals surface area contributed by atoms with Gasteiger partial charge < -0.3 is 0 Å². The SMILES string of the molecule is C1CCC(C(NN(C2CCCCC2)C2CCCCC2)C2CCCCC2)CC1. The van der Waals surface area contributed by atoms with Crippen molar-refractivity contribution in [3.8, 4) is 0 Å². The van der Waals surface area contributed by atoms with Crippen molar-refractivity contribution in [3.63, 3.8) is 0 Å². The van der Waals surface area contributed by atoms with Crippen LogP contribution >= 0.6 is 0 Å². The Hall–Kier alpha value is -0.0800.